The lowest BCUT2D eigenvalue weighted by Gasteiger charge is -2.05. The van der Waals surface area contributed by atoms with Crippen molar-refractivity contribution in [3.05, 3.63) is 0 Å². The minimum Gasteiger partial charge on any atom is -0.466 e. The van der Waals surface area contributed by atoms with Crippen molar-refractivity contribution in [1.29, 1.82) is 0 Å². The van der Waals surface area contributed by atoms with Gasteiger partial charge in [0.2, 0.25) is 0 Å². The topological polar surface area (TPSA) is 26.3 Å². The zero-order chi connectivity index (χ0) is 18.4. The van der Waals surface area contributed by atoms with Crippen LogP contribution in [0.5, 0.6) is 0 Å². The van der Waals surface area contributed by atoms with Gasteiger partial charge < -0.3 is 4.74 Å². The van der Waals surface area contributed by atoms with Gasteiger partial charge in [0, 0.05) is 6.42 Å². The molecule has 0 radical (unpaired) electrons. The van der Waals surface area contributed by atoms with Gasteiger partial charge in [-0.15, -0.1) is 0 Å². The molecule has 0 aromatic heterocycles. The summed E-state index contributed by atoms with van der Waals surface area (Å²) in [6.45, 7) is 5.13. The molecule has 25 heavy (non-hydrogen) atoms. The first-order valence-corrected chi connectivity index (χ1v) is 11.5. The highest BCUT2D eigenvalue weighted by Gasteiger charge is 2.02. The van der Waals surface area contributed by atoms with Gasteiger partial charge >= 0.3 is 5.97 Å². The molecule has 2 nitrogen and oxygen atoms in total. The first-order valence-electron chi connectivity index (χ1n) is 11.5. The Morgan fingerprint density at radius 1 is 0.520 bits per heavy atom. The summed E-state index contributed by atoms with van der Waals surface area (Å²) in [5.41, 5.74) is 0. The van der Waals surface area contributed by atoms with E-state index >= 15 is 0 Å². The number of rotatable bonds is 20. The van der Waals surface area contributed by atoms with Crippen molar-refractivity contribution in [2.45, 2.75) is 136 Å². The molecule has 0 fully saturated rings. The molecular weight excluding hydrogens is 308 g/mol. The normalized spacial score (nSPS) is 11.0. The monoisotopic (exact) mass is 354 g/mol. The predicted molar refractivity (Wildman–Crippen MR) is 110 cm³/mol. The van der Waals surface area contributed by atoms with Crippen molar-refractivity contribution in [3.8, 4) is 0 Å². The molecule has 0 spiro atoms. The Bertz CT molecular complexity index is 263. The van der Waals surface area contributed by atoms with Gasteiger partial charge in [-0.2, -0.15) is 0 Å². The molecule has 0 N–H and O–H groups in total. The highest BCUT2D eigenvalue weighted by Crippen LogP contribution is 2.12. The minimum absolute atomic E-state index is 0.0145. The van der Waals surface area contributed by atoms with Gasteiger partial charge in [0.05, 0.1) is 6.61 Å². The molecule has 0 rings (SSSR count). The molecule has 150 valence electrons. The minimum atomic E-state index is 0.0145. The fourth-order valence-corrected chi connectivity index (χ4v) is 3.25. The summed E-state index contributed by atoms with van der Waals surface area (Å²) in [7, 11) is 0. The number of hydrogen-bond donors (Lipinski definition) is 0. The third-order valence-corrected chi connectivity index (χ3v) is 5.00. The van der Waals surface area contributed by atoms with Crippen LogP contribution in [0.1, 0.15) is 136 Å². The second kappa shape index (κ2) is 21.5. The highest BCUT2D eigenvalue weighted by molar-refractivity contribution is 5.69. The summed E-state index contributed by atoms with van der Waals surface area (Å²) in [6.07, 6.45) is 24.1. The maximum absolute atomic E-state index is 11.6. The van der Waals surface area contributed by atoms with Crippen LogP contribution in [0.2, 0.25) is 0 Å². The van der Waals surface area contributed by atoms with Gasteiger partial charge in [-0.25, -0.2) is 0 Å². The van der Waals surface area contributed by atoms with E-state index in [-0.39, 0.29) is 5.97 Å². The molecule has 0 unspecified atom stereocenters. The van der Waals surface area contributed by atoms with Crippen LogP contribution >= 0.6 is 0 Å². The van der Waals surface area contributed by atoms with E-state index in [0.717, 1.165) is 12.8 Å². The molecular formula is C23H46O2. The van der Waals surface area contributed by atoms with Gasteiger partial charge in [-0.3, -0.25) is 4.79 Å². The molecule has 0 atom stereocenters. The molecule has 0 aromatic carbocycles. The van der Waals surface area contributed by atoms with Crippen LogP contribution in [0, 0.1) is 0 Å². The van der Waals surface area contributed by atoms with Gasteiger partial charge in [0.25, 0.3) is 0 Å². The quantitative estimate of drug-likeness (QED) is 0.164. The SMILES string of the molecule is CCCCCCCCCCCCCCC(=O)OCCCCCCCC. The molecule has 0 aliphatic carbocycles. The molecule has 0 bridgehead atoms. The number of unbranched alkanes of at least 4 members (excludes halogenated alkanes) is 16. The molecule has 0 saturated carbocycles. The number of carbonyl (C=O) groups excluding carboxylic acids is 1. The zero-order valence-corrected chi connectivity index (χ0v) is 17.5. The third kappa shape index (κ3) is 21.4. The third-order valence-electron chi connectivity index (χ3n) is 5.00. The van der Waals surface area contributed by atoms with E-state index in [1.54, 1.807) is 0 Å². The standard InChI is InChI=1S/C23H46O2/c1-3-5-7-9-11-12-13-14-15-16-17-19-21-23(24)25-22-20-18-10-8-6-4-2/h3-22H2,1-2H3. The van der Waals surface area contributed by atoms with Crippen molar-refractivity contribution in [3.63, 3.8) is 0 Å². The fourth-order valence-electron chi connectivity index (χ4n) is 3.25. The Kier molecular flexibility index (Phi) is 21.1. The molecule has 0 aromatic rings. The van der Waals surface area contributed by atoms with Gasteiger partial charge in [0.1, 0.15) is 0 Å². The van der Waals surface area contributed by atoms with E-state index in [2.05, 4.69) is 13.8 Å². The second-order valence-corrected chi connectivity index (χ2v) is 7.63. The Balaban J connectivity index is 3.12. The highest BCUT2D eigenvalue weighted by atomic mass is 16.5. The summed E-state index contributed by atoms with van der Waals surface area (Å²) in [4.78, 5) is 11.6. The number of ether oxygens (including phenoxy) is 1. The van der Waals surface area contributed by atoms with Crippen LogP contribution in [-0.4, -0.2) is 12.6 Å². The summed E-state index contributed by atoms with van der Waals surface area (Å²) >= 11 is 0. The summed E-state index contributed by atoms with van der Waals surface area (Å²) < 4.78 is 5.31. The van der Waals surface area contributed by atoms with Gasteiger partial charge in [-0.05, 0) is 12.8 Å². The Labute approximate surface area is 158 Å². The van der Waals surface area contributed by atoms with Crippen LogP contribution in [0.3, 0.4) is 0 Å². The average Bonchev–Trinajstić information content (AvgIpc) is 2.62. The Morgan fingerprint density at radius 3 is 1.32 bits per heavy atom. The summed E-state index contributed by atoms with van der Waals surface area (Å²) in [5.74, 6) is 0.0145. The predicted octanol–water partition coefficient (Wildman–Crippen LogP) is 7.98. The van der Waals surface area contributed by atoms with Crippen LogP contribution in [-0.2, 0) is 9.53 Å². The first-order chi connectivity index (χ1) is 12.3. The first kappa shape index (κ1) is 24.5. The summed E-state index contributed by atoms with van der Waals surface area (Å²) in [6, 6.07) is 0. The average molecular weight is 355 g/mol. The van der Waals surface area contributed by atoms with E-state index in [0.29, 0.717) is 13.0 Å². The fraction of sp³-hybridized carbons (Fsp3) is 0.957. The van der Waals surface area contributed by atoms with Crippen LogP contribution in [0.4, 0.5) is 0 Å². The van der Waals surface area contributed by atoms with Gasteiger partial charge in [0.15, 0.2) is 0 Å². The molecule has 0 heterocycles. The molecule has 0 aliphatic rings. The lowest BCUT2D eigenvalue weighted by Crippen LogP contribution is -2.05. The zero-order valence-electron chi connectivity index (χ0n) is 17.5. The lowest BCUT2D eigenvalue weighted by atomic mass is 10.0. The largest absolute Gasteiger partial charge is 0.466 e. The van der Waals surface area contributed by atoms with Gasteiger partial charge in [-0.1, -0.05) is 117 Å². The molecule has 0 saturated heterocycles. The van der Waals surface area contributed by atoms with E-state index < -0.39 is 0 Å². The van der Waals surface area contributed by atoms with Crippen molar-refractivity contribution in [2.75, 3.05) is 6.61 Å². The van der Waals surface area contributed by atoms with Crippen LogP contribution < -0.4 is 0 Å². The molecule has 0 aliphatic heterocycles. The Morgan fingerprint density at radius 2 is 0.880 bits per heavy atom. The van der Waals surface area contributed by atoms with Crippen LogP contribution in [0.25, 0.3) is 0 Å². The molecule has 0 amide bonds. The number of carbonyl (C=O) groups is 1. The molecule has 2 heteroatoms. The van der Waals surface area contributed by atoms with Crippen molar-refractivity contribution in [2.24, 2.45) is 0 Å². The number of hydrogen-bond acceptors (Lipinski definition) is 2. The summed E-state index contributed by atoms with van der Waals surface area (Å²) in [5, 5.41) is 0. The van der Waals surface area contributed by atoms with E-state index in [4.69, 9.17) is 4.74 Å². The maximum atomic E-state index is 11.6. The van der Waals surface area contributed by atoms with E-state index in [1.165, 1.54) is 103 Å². The van der Waals surface area contributed by atoms with Crippen LogP contribution in [0.15, 0.2) is 0 Å². The van der Waals surface area contributed by atoms with E-state index in [9.17, 15) is 4.79 Å². The maximum Gasteiger partial charge on any atom is 0.305 e. The number of esters is 1. The van der Waals surface area contributed by atoms with E-state index in [1.807, 2.05) is 0 Å². The second-order valence-electron chi connectivity index (χ2n) is 7.63. The van der Waals surface area contributed by atoms with Crippen molar-refractivity contribution >= 4 is 5.97 Å². The smallest absolute Gasteiger partial charge is 0.305 e. The van der Waals surface area contributed by atoms with Crippen molar-refractivity contribution in [1.82, 2.24) is 0 Å². The Hall–Kier alpha value is -0.530. The van der Waals surface area contributed by atoms with Crippen molar-refractivity contribution < 1.29 is 9.53 Å². The lowest BCUT2D eigenvalue weighted by molar-refractivity contribution is -0.143.